The molecule has 0 aromatic heterocycles. The van der Waals surface area contributed by atoms with E-state index < -0.39 is 0 Å². The Kier molecular flexibility index (Phi) is 5.88. The molecule has 0 saturated heterocycles. The number of hydrogen-bond acceptors (Lipinski definition) is 2. The zero-order chi connectivity index (χ0) is 15.9. The van der Waals surface area contributed by atoms with Gasteiger partial charge in [0.1, 0.15) is 11.5 Å². The van der Waals surface area contributed by atoms with Crippen LogP contribution in [0.2, 0.25) is 0 Å². The summed E-state index contributed by atoms with van der Waals surface area (Å²) >= 11 is 0. The van der Waals surface area contributed by atoms with Gasteiger partial charge in [-0.25, -0.2) is 0 Å². The molecule has 0 aliphatic heterocycles. The molecule has 0 radical (unpaired) electrons. The molecule has 2 aromatic rings. The molecular weight excluding hydrogens is 272 g/mol. The smallest absolute Gasteiger partial charge is 0.126 e. The summed E-state index contributed by atoms with van der Waals surface area (Å²) in [6.45, 7) is 4.38. The van der Waals surface area contributed by atoms with Crippen LogP contribution in [0.4, 0.5) is 0 Å². The molecule has 0 aliphatic rings. The first kappa shape index (κ1) is 16.4. The molecule has 0 bridgehead atoms. The lowest BCUT2D eigenvalue weighted by Crippen LogP contribution is -1.99. The van der Waals surface area contributed by atoms with E-state index in [1.165, 1.54) is 5.56 Å². The first-order valence-electron chi connectivity index (χ1n) is 8.02. The van der Waals surface area contributed by atoms with Gasteiger partial charge in [-0.05, 0) is 54.9 Å². The predicted octanol–water partition coefficient (Wildman–Crippen LogP) is 4.77. The first-order valence-corrected chi connectivity index (χ1v) is 8.02. The Morgan fingerprint density at radius 2 is 1.64 bits per heavy atom. The van der Waals surface area contributed by atoms with Gasteiger partial charge in [-0.2, -0.15) is 0 Å². The van der Waals surface area contributed by atoms with E-state index in [2.05, 4.69) is 44.2 Å². The van der Waals surface area contributed by atoms with E-state index in [1.807, 2.05) is 12.1 Å². The number of ether oxygens (including phenoxy) is 1. The standard InChI is InChI=1S/C20H26O2/c1-15(2)9-12-18-19(21)13-17(14-20(18)22-3)11-10-16-7-5-4-6-8-16/h4-8,13-15,21H,9-12H2,1-3H3. The molecule has 2 aromatic carbocycles. The molecule has 0 atom stereocenters. The van der Waals surface area contributed by atoms with Crippen LogP contribution in [0.15, 0.2) is 42.5 Å². The second-order valence-corrected chi connectivity index (χ2v) is 6.21. The normalized spacial score (nSPS) is 10.9. The van der Waals surface area contributed by atoms with Gasteiger partial charge >= 0.3 is 0 Å². The number of phenolic OH excluding ortho intramolecular Hbond substituents is 1. The molecule has 0 aliphatic carbocycles. The number of rotatable bonds is 7. The van der Waals surface area contributed by atoms with Crippen LogP contribution < -0.4 is 4.74 Å². The molecule has 2 heteroatoms. The quantitative estimate of drug-likeness (QED) is 0.797. The van der Waals surface area contributed by atoms with Crippen LogP contribution in [0.3, 0.4) is 0 Å². The number of benzene rings is 2. The summed E-state index contributed by atoms with van der Waals surface area (Å²) in [5.74, 6) is 1.79. The monoisotopic (exact) mass is 298 g/mol. The third kappa shape index (κ3) is 4.52. The van der Waals surface area contributed by atoms with Gasteiger partial charge in [-0.1, -0.05) is 44.2 Å². The summed E-state index contributed by atoms with van der Waals surface area (Å²) in [4.78, 5) is 0. The first-order chi connectivity index (χ1) is 10.6. The Labute approximate surface area is 133 Å². The lowest BCUT2D eigenvalue weighted by Gasteiger charge is -2.14. The Morgan fingerprint density at radius 3 is 2.27 bits per heavy atom. The van der Waals surface area contributed by atoms with Gasteiger partial charge in [0.25, 0.3) is 0 Å². The summed E-state index contributed by atoms with van der Waals surface area (Å²) in [6, 6.07) is 14.4. The van der Waals surface area contributed by atoms with Gasteiger partial charge in [0.2, 0.25) is 0 Å². The van der Waals surface area contributed by atoms with Gasteiger partial charge < -0.3 is 9.84 Å². The van der Waals surface area contributed by atoms with Gasteiger partial charge in [0.05, 0.1) is 7.11 Å². The van der Waals surface area contributed by atoms with Crippen molar-refractivity contribution >= 4 is 0 Å². The molecule has 0 amide bonds. The lowest BCUT2D eigenvalue weighted by molar-refractivity contribution is 0.395. The molecule has 1 N–H and O–H groups in total. The number of hydrogen-bond donors (Lipinski definition) is 1. The summed E-state index contributed by atoms with van der Waals surface area (Å²) < 4.78 is 5.49. The van der Waals surface area contributed by atoms with Crippen molar-refractivity contribution in [2.45, 2.75) is 39.5 Å². The topological polar surface area (TPSA) is 29.5 Å². The Morgan fingerprint density at radius 1 is 0.955 bits per heavy atom. The molecule has 0 fully saturated rings. The summed E-state index contributed by atoms with van der Waals surface area (Å²) in [5, 5.41) is 10.3. The Hall–Kier alpha value is -1.96. The van der Waals surface area contributed by atoms with Crippen LogP contribution in [0.5, 0.6) is 11.5 Å². The highest BCUT2D eigenvalue weighted by Crippen LogP contribution is 2.32. The second-order valence-electron chi connectivity index (χ2n) is 6.21. The average Bonchev–Trinajstić information content (AvgIpc) is 2.52. The largest absolute Gasteiger partial charge is 0.508 e. The van der Waals surface area contributed by atoms with E-state index in [0.29, 0.717) is 11.7 Å². The summed E-state index contributed by atoms with van der Waals surface area (Å²) in [6.07, 6.45) is 3.77. The van der Waals surface area contributed by atoms with Crippen LogP contribution in [0.1, 0.15) is 37.0 Å². The molecule has 2 nitrogen and oxygen atoms in total. The predicted molar refractivity (Wildman–Crippen MR) is 91.7 cm³/mol. The fourth-order valence-electron chi connectivity index (χ4n) is 2.63. The van der Waals surface area contributed by atoms with Crippen LogP contribution in [0.25, 0.3) is 0 Å². The third-order valence-corrected chi connectivity index (χ3v) is 3.98. The minimum atomic E-state index is 0.364. The summed E-state index contributed by atoms with van der Waals surface area (Å²) in [5.41, 5.74) is 3.36. The van der Waals surface area contributed by atoms with E-state index in [0.717, 1.165) is 42.6 Å². The number of aromatic hydroxyl groups is 1. The fraction of sp³-hybridized carbons (Fsp3) is 0.400. The van der Waals surface area contributed by atoms with Crippen molar-refractivity contribution in [1.82, 2.24) is 0 Å². The molecule has 0 saturated carbocycles. The fourth-order valence-corrected chi connectivity index (χ4v) is 2.63. The van der Waals surface area contributed by atoms with Crippen molar-refractivity contribution in [3.05, 3.63) is 59.2 Å². The van der Waals surface area contributed by atoms with Crippen molar-refractivity contribution in [3.63, 3.8) is 0 Å². The highest BCUT2D eigenvalue weighted by atomic mass is 16.5. The van der Waals surface area contributed by atoms with E-state index in [4.69, 9.17) is 4.74 Å². The zero-order valence-electron chi connectivity index (χ0n) is 13.8. The van der Waals surface area contributed by atoms with E-state index in [9.17, 15) is 5.11 Å². The maximum Gasteiger partial charge on any atom is 0.126 e. The molecule has 22 heavy (non-hydrogen) atoms. The molecule has 0 spiro atoms. The second kappa shape index (κ2) is 7.88. The average molecular weight is 298 g/mol. The van der Waals surface area contributed by atoms with Gasteiger partial charge in [0, 0.05) is 5.56 Å². The van der Waals surface area contributed by atoms with Crippen molar-refractivity contribution in [1.29, 1.82) is 0 Å². The molecule has 0 heterocycles. The molecule has 2 rings (SSSR count). The van der Waals surface area contributed by atoms with Crippen LogP contribution in [-0.4, -0.2) is 12.2 Å². The van der Waals surface area contributed by atoms with E-state index in [1.54, 1.807) is 7.11 Å². The van der Waals surface area contributed by atoms with Crippen molar-refractivity contribution < 1.29 is 9.84 Å². The minimum Gasteiger partial charge on any atom is -0.508 e. The molecule has 118 valence electrons. The van der Waals surface area contributed by atoms with E-state index in [-0.39, 0.29) is 0 Å². The third-order valence-electron chi connectivity index (χ3n) is 3.98. The van der Waals surface area contributed by atoms with E-state index >= 15 is 0 Å². The van der Waals surface area contributed by atoms with Crippen LogP contribution in [0, 0.1) is 5.92 Å². The summed E-state index contributed by atoms with van der Waals surface area (Å²) in [7, 11) is 1.68. The molecule has 0 unspecified atom stereocenters. The molecular formula is C20H26O2. The highest BCUT2D eigenvalue weighted by molar-refractivity contribution is 5.47. The number of aryl methyl sites for hydroxylation is 2. The Bertz CT molecular complexity index is 588. The zero-order valence-corrected chi connectivity index (χ0v) is 13.8. The van der Waals surface area contributed by atoms with Gasteiger partial charge in [-0.15, -0.1) is 0 Å². The highest BCUT2D eigenvalue weighted by Gasteiger charge is 2.12. The van der Waals surface area contributed by atoms with Crippen molar-refractivity contribution in [3.8, 4) is 11.5 Å². The number of methoxy groups -OCH3 is 1. The maximum atomic E-state index is 10.3. The lowest BCUT2D eigenvalue weighted by atomic mass is 9.97. The Balaban J connectivity index is 2.11. The SMILES string of the molecule is COc1cc(CCc2ccccc2)cc(O)c1CCC(C)C. The van der Waals surface area contributed by atoms with Crippen molar-refractivity contribution in [2.75, 3.05) is 7.11 Å². The maximum absolute atomic E-state index is 10.3. The minimum absolute atomic E-state index is 0.364. The van der Waals surface area contributed by atoms with Crippen LogP contribution >= 0.6 is 0 Å². The van der Waals surface area contributed by atoms with Crippen molar-refractivity contribution in [2.24, 2.45) is 5.92 Å². The van der Waals surface area contributed by atoms with Crippen LogP contribution in [-0.2, 0) is 19.3 Å². The van der Waals surface area contributed by atoms with Gasteiger partial charge in [-0.3, -0.25) is 0 Å². The van der Waals surface area contributed by atoms with Gasteiger partial charge in [0.15, 0.2) is 0 Å². The number of phenols is 1.